The van der Waals surface area contributed by atoms with Gasteiger partial charge in [0.2, 0.25) is 5.92 Å². The zero-order valence-electron chi connectivity index (χ0n) is 10.3. The smallest absolute Gasteiger partial charge is 0.248 e. The Labute approximate surface area is 109 Å². The summed E-state index contributed by atoms with van der Waals surface area (Å²) in [4.78, 5) is 5.21. The third kappa shape index (κ3) is 3.05. The average Bonchev–Trinajstić information content (AvgIpc) is 2.73. The number of methoxy groups -OCH3 is 1. The third-order valence-corrected chi connectivity index (χ3v) is 4.53. The third-order valence-electron chi connectivity index (χ3n) is 3.29. The number of alkyl halides is 2. The van der Waals surface area contributed by atoms with Crippen LogP contribution in [0.25, 0.3) is 0 Å². The quantitative estimate of drug-likeness (QED) is 0.919. The molecule has 0 unspecified atom stereocenters. The minimum Gasteiger partial charge on any atom is -0.391 e. The van der Waals surface area contributed by atoms with E-state index in [0.29, 0.717) is 19.4 Å². The molecule has 0 bridgehead atoms. The fraction of sp³-hybridized carbons (Fsp3) is 0.750. The van der Waals surface area contributed by atoms with Gasteiger partial charge in [-0.3, -0.25) is 0 Å². The van der Waals surface area contributed by atoms with Crippen LogP contribution in [0.15, 0.2) is 0 Å². The lowest BCUT2D eigenvalue weighted by Crippen LogP contribution is -2.23. The predicted octanol–water partition coefficient (Wildman–Crippen LogP) is 3.07. The SMILES string of the molecule is COCc1nc(C2CCC(F)(F)CC2)sc1CO. The molecule has 0 atom stereocenters. The van der Waals surface area contributed by atoms with Crippen LogP contribution in [-0.2, 0) is 18.0 Å². The van der Waals surface area contributed by atoms with Crippen molar-refractivity contribution >= 4 is 11.3 Å². The van der Waals surface area contributed by atoms with Gasteiger partial charge in [0.05, 0.1) is 28.8 Å². The molecule has 2 rings (SSSR count). The van der Waals surface area contributed by atoms with E-state index >= 15 is 0 Å². The molecule has 0 saturated heterocycles. The van der Waals surface area contributed by atoms with Crippen LogP contribution in [0.2, 0.25) is 0 Å². The van der Waals surface area contributed by atoms with Crippen LogP contribution in [0.5, 0.6) is 0 Å². The largest absolute Gasteiger partial charge is 0.391 e. The number of hydrogen-bond acceptors (Lipinski definition) is 4. The van der Waals surface area contributed by atoms with Crippen molar-refractivity contribution in [2.75, 3.05) is 7.11 Å². The second-order valence-electron chi connectivity index (χ2n) is 4.64. The normalized spacial score (nSPS) is 20.2. The lowest BCUT2D eigenvalue weighted by molar-refractivity contribution is -0.0382. The number of aromatic nitrogens is 1. The fourth-order valence-electron chi connectivity index (χ4n) is 2.24. The van der Waals surface area contributed by atoms with Gasteiger partial charge in [-0.2, -0.15) is 0 Å². The Morgan fingerprint density at radius 3 is 2.67 bits per heavy atom. The molecule has 1 fully saturated rings. The lowest BCUT2D eigenvalue weighted by Gasteiger charge is -2.26. The molecule has 0 spiro atoms. The Balaban J connectivity index is 2.09. The highest BCUT2D eigenvalue weighted by atomic mass is 32.1. The summed E-state index contributed by atoms with van der Waals surface area (Å²) in [5.74, 6) is -2.41. The van der Waals surface area contributed by atoms with Gasteiger partial charge in [-0.1, -0.05) is 0 Å². The van der Waals surface area contributed by atoms with Crippen molar-refractivity contribution < 1.29 is 18.6 Å². The Morgan fingerprint density at radius 2 is 2.11 bits per heavy atom. The van der Waals surface area contributed by atoms with E-state index in [0.717, 1.165) is 15.6 Å². The molecule has 1 saturated carbocycles. The first-order chi connectivity index (χ1) is 8.55. The summed E-state index contributed by atoms with van der Waals surface area (Å²) >= 11 is 1.42. The van der Waals surface area contributed by atoms with Crippen LogP contribution in [0.4, 0.5) is 8.78 Å². The van der Waals surface area contributed by atoms with Gasteiger partial charge >= 0.3 is 0 Å². The van der Waals surface area contributed by atoms with E-state index in [1.807, 2.05) is 0 Å². The molecule has 1 aliphatic rings. The van der Waals surface area contributed by atoms with Gasteiger partial charge in [-0.15, -0.1) is 11.3 Å². The molecular formula is C12H17F2NO2S. The molecule has 1 aromatic rings. The summed E-state index contributed by atoms with van der Waals surface area (Å²) in [5.41, 5.74) is 0.734. The molecule has 18 heavy (non-hydrogen) atoms. The number of nitrogens with zero attached hydrogens (tertiary/aromatic N) is 1. The van der Waals surface area contributed by atoms with E-state index in [2.05, 4.69) is 4.98 Å². The standard InChI is InChI=1S/C12H17F2NO2S/c1-17-7-9-10(6-16)18-11(15-9)8-2-4-12(13,14)5-3-8/h8,16H,2-7H2,1H3. The van der Waals surface area contributed by atoms with E-state index in [1.54, 1.807) is 7.11 Å². The van der Waals surface area contributed by atoms with Crippen molar-refractivity contribution in [3.8, 4) is 0 Å². The molecule has 102 valence electrons. The lowest BCUT2D eigenvalue weighted by atomic mass is 9.87. The molecule has 0 aromatic carbocycles. The molecule has 6 heteroatoms. The van der Waals surface area contributed by atoms with Gasteiger partial charge in [0.1, 0.15) is 0 Å². The first-order valence-electron chi connectivity index (χ1n) is 6.02. The van der Waals surface area contributed by atoms with E-state index in [4.69, 9.17) is 4.74 Å². The molecule has 1 N–H and O–H groups in total. The minimum absolute atomic E-state index is 0.0642. The maximum atomic E-state index is 13.1. The summed E-state index contributed by atoms with van der Waals surface area (Å²) in [6, 6.07) is 0. The highest BCUT2D eigenvalue weighted by Gasteiger charge is 2.36. The summed E-state index contributed by atoms with van der Waals surface area (Å²) in [6.07, 6.45) is 0.812. The molecule has 1 heterocycles. The number of ether oxygens (including phenoxy) is 1. The van der Waals surface area contributed by atoms with Crippen molar-refractivity contribution in [1.82, 2.24) is 4.98 Å². The van der Waals surface area contributed by atoms with E-state index < -0.39 is 5.92 Å². The van der Waals surface area contributed by atoms with Crippen molar-refractivity contribution in [1.29, 1.82) is 0 Å². The molecule has 3 nitrogen and oxygen atoms in total. The minimum atomic E-state index is -2.51. The molecular weight excluding hydrogens is 260 g/mol. The number of aliphatic hydroxyl groups is 1. The zero-order chi connectivity index (χ0) is 13.2. The van der Waals surface area contributed by atoms with Gasteiger partial charge in [-0.25, -0.2) is 13.8 Å². The highest BCUT2D eigenvalue weighted by Crippen LogP contribution is 2.42. The number of rotatable bonds is 4. The van der Waals surface area contributed by atoms with Gasteiger partial charge in [0.15, 0.2) is 0 Å². The van der Waals surface area contributed by atoms with Crippen LogP contribution in [-0.4, -0.2) is 23.1 Å². The van der Waals surface area contributed by atoms with Crippen LogP contribution < -0.4 is 0 Å². The van der Waals surface area contributed by atoms with Gasteiger partial charge in [0, 0.05) is 25.9 Å². The van der Waals surface area contributed by atoms with Crippen molar-refractivity contribution in [3.05, 3.63) is 15.6 Å². The van der Waals surface area contributed by atoms with Crippen LogP contribution in [0.1, 0.15) is 47.2 Å². The monoisotopic (exact) mass is 277 g/mol. The number of aliphatic hydroxyl groups excluding tert-OH is 1. The number of hydrogen-bond donors (Lipinski definition) is 1. The summed E-state index contributed by atoms with van der Waals surface area (Å²) in [5, 5.41) is 10.1. The molecule has 0 aliphatic heterocycles. The first kappa shape index (κ1) is 13.8. The maximum Gasteiger partial charge on any atom is 0.248 e. The second kappa shape index (κ2) is 5.59. The van der Waals surface area contributed by atoms with E-state index in [-0.39, 0.29) is 25.4 Å². The summed E-state index contributed by atoms with van der Waals surface area (Å²) in [6.45, 7) is 0.286. The Morgan fingerprint density at radius 1 is 1.44 bits per heavy atom. The molecule has 0 radical (unpaired) electrons. The highest BCUT2D eigenvalue weighted by molar-refractivity contribution is 7.11. The van der Waals surface area contributed by atoms with E-state index in [9.17, 15) is 13.9 Å². The summed E-state index contributed by atoms with van der Waals surface area (Å²) < 4.78 is 31.2. The first-order valence-corrected chi connectivity index (χ1v) is 6.83. The van der Waals surface area contributed by atoms with Gasteiger partial charge < -0.3 is 9.84 Å². The Kier molecular flexibility index (Phi) is 4.29. The Hall–Kier alpha value is -0.590. The van der Waals surface area contributed by atoms with Crippen molar-refractivity contribution in [2.24, 2.45) is 0 Å². The summed E-state index contributed by atoms with van der Waals surface area (Å²) in [7, 11) is 1.57. The average molecular weight is 277 g/mol. The van der Waals surface area contributed by atoms with Crippen LogP contribution in [0.3, 0.4) is 0 Å². The van der Waals surface area contributed by atoms with Crippen LogP contribution in [0, 0.1) is 0 Å². The molecule has 1 aromatic heterocycles. The zero-order valence-corrected chi connectivity index (χ0v) is 11.1. The number of thiazole rings is 1. The van der Waals surface area contributed by atoms with Crippen molar-refractivity contribution in [3.63, 3.8) is 0 Å². The Bertz CT molecular complexity index is 399. The number of halogens is 2. The van der Waals surface area contributed by atoms with Gasteiger partial charge in [-0.05, 0) is 12.8 Å². The molecule has 1 aliphatic carbocycles. The fourth-order valence-corrected chi connectivity index (χ4v) is 3.34. The predicted molar refractivity (Wildman–Crippen MR) is 64.9 cm³/mol. The topological polar surface area (TPSA) is 42.4 Å². The maximum absolute atomic E-state index is 13.1. The second-order valence-corrected chi connectivity index (χ2v) is 5.76. The van der Waals surface area contributed by atoms with Gasteiger partial charge in [0.25, 0.3) is 0 Å². The van der Waals surface area contributed by atoms with Crippen LogP contribution >= 0.6 is 11.3 Å². The van der Waals surface area contributed by atoms with E-state index in [1.165, 1.54) is 11.3 Å². The van der Waals surface area contributed by atoms with Crippen molar-refractivity contribution in [2.45, 2.75) is 50.7 Å². The molecule has 0 amide bonds.